The lowest BCUT2D eigenvalue weighted by Gasteiger charge is -2.33. The Kier molecular flexibility index (Phi) is 11.4. The second kappa shape index (κ2) is 14.7. The van der Waals surface area contributed by atoms with Crippen LogP contribution in [0.4, 0.5) is 4.79 Å². The van der Waals surface area contributed by atoms with Crippen LogP contribution in [-0.4, -0.2) is 72.7 Å². The Balaban J connectivity index is 1.82. The highest BCUT2D eigenvalue weighted by Crippen LogP contribution is 2.24. The molecular weight excluding hydrogens is 608 g/mol. The summed E-state index contributed by atoms with van der Waals surface area (Å²) in [6.07, 6.45) is -2.12. The number of alkyl carbamates (subject to hydrolysis) is 1. The SMILES string of the molecule is COc1ccc(C[C@H](NC(=O)C2=C[C@@H](NC(=O)c3ccccc3Br)[C@@H](O)[C@H](OC(=O)NCCCl)C2)C(N)=O)cc1. The Labute approximate surface area is 244 Å². The summed E-state index contributed by atoms with van der Waals surface area (Å²) >= 11 is 8.92. The monoisotopic (exact) mass is 636 g/mol. The molecule has 0 aliphatic heterocycles. The van der Waals surface area contributed by atoms with Crippen LogP contribution >= 0.6 is 27.5 Å². The summed E-state index contributed by atoms with van der Waals surface area (Å²) in [4.78, 5) is 50.6. The van der Waals surface area contributed by atoms with E-state index >= 15 is 0 Å². The zero-order valence-corrected chi connectivity index (χ0v) is 23.9. The van der Waals surface area contributed by atoms with Crippen molar-refractivity contribution in [1.82, 2.24) is 16.0 Å². The minimum Gasteiger partial charge on any atom is -0.497 e. The number of nitrogens with two attached hydrogens (primary N) is 1. The van der Waals surface area contributed by atoms with E-state index in [1.54, 1.807) is 48.5 Å². The number of hydrogen-bond donors (Lipinski definition) is 5. The Morgan fingerprint density at radius 1 is 1.12 bits per heavy atom. The maximum atomic E-state index is 13.3. The van der Waals surface area contributed by atoms with Gasteiger partial charge in [0, 0.05) is 35.3 Å². The number of nitrogens with one attached hydrogen (secondary N) is 3. The van der Waals surface area contributed by atoms with Crippen molar-refractivity contribution in [1.29, 1.82) is 0 Å². The summed E-state index contributed by atoms with van der Waals surface area (Å²) in [6.45, 7) is 0.125. The number of primary amides is 1. The molecule has 0 bridgehead atoms. The van der Waals surface area contributed by atoms with Gasteiger partial charge in [-0.05, 0) is 45.8 Å². The number of aliphatic hydroxyl groups excluding tert-OH is 1. The molecule has 2 aromatic carbocycles. The fourth-order valence-electron chi connectivity index (χ4n) is 4.03. The number of methoxy groups -OCH3 is 1. The molecule has 1 aliphatic carbocycles. The van der Waals surface area contributed by atoms with Crippen LogP contribution in [0.15, 0.2) is 64.7 Å². The quantitative estimate of drug-likeness (QED) is 0.234. The van der Waals surface area contributed by atoms with E-state index in [1.165, 1.54) is 13.2 Å². The number of carbonyl (C=O) groups excluding carboxylic acids is 4. The molecule has 4 amide bonds. The highest BCUT2D eigenvalue weighted by molar-refractivity contribution is 9.10. The molecular formula is C27H30BrClN4O7. The average molecular weight is 638 g/mol. The van der Waals surface area contributed by atoms with Crippen molar-refractivity contribution in [3.63, 3.8) is 0 Å². The van der Waals surface area contributed by atoms with Crippen molar-refractivity contribution < 1.29 is 33.8 Å². The molecule has 0 saturated carbocycles. The van der Waals surface area contributed by atoms with Crippen LogP contribution in [0.3, 0.4) is 0 Å². The van der Waals surface area contributed by atoms with Crippen LogP contribution in [-0.2, 0) is 20.7 Å². The second-order valence-corrected chi connectivity index (χ2v) is 10.1. The standard InChI is InChI=1S/C27H30BrClN4O7/c1-39-17-8-6-15(7-9-17)12-21(24(30)35)33-25(36)16-13-20(32-26(37)18-4-2-3-5-19(18)28)23(34)22(14-16)40-27(38)31-11-10-29/h2-9,13,20-23,34H,10-12,14H2,1H3,(H2,30,35)(H,31,38)(H,32,37)(H,33,36)/t20-,21+,22-,23-/m1/s1. The molecule has 1 aliphatic rings. The Hall–Kier alpha value is -3.61. The molecule has 13 heteroatoms. The van der Waals surface area contributed by atoms with Crippen LogP contribution in [0, 0.1) is 0 Å². The minimum atomic E-state index is -1.38. The molecule has 4 atom stereocenters. The third-order valence-electron chi connectivity index (χ3n) is 6.13. The third-order valence-corrected chi connectivity index (χ3v) is 7.01. The Morgan fingerprint density at radius 2 is 1.82 bits per heavy atom. The Bertz CT molecular complexity index is 1260. The van der Waals surface area contributed by atoms with Gasteiger partial charge in [0.25, 0.3) is 5.91 Å². The van der Waals surface area contributed by atoms with E-state index in [4.69, 9.17) is 26.8 Å². The molecule has 40 heavy (non-hydrogen) atoms. The summed E-state index contributed by atoms with van der Waals surface area (Å²) in [5, 5.41) is 18.7. The maximum Gasteiger partial charge on any atom is 0.407 e. The van der Waals surface area contributed by atoms with Gasteiger partial charge >= 0.3 is 6.09 Å². The van der Waals surface area contributed by atoms with Gasteiger partial charge in [0.2, 0.25) is 11.8 Å². The first-order valence-corrected chi connectivity index (χ1v) is 13.6. The van der Waals surface area contributed by atoms with Crippen molar-refractivity contribution in [3.05, 3.63) is 75.8 Å². The maximum absolute atomic E-state index is 13.3. The lowest BCUT2D eigenvalue weighted by molar-refractivity contribution is -0.125. The largest absolute Gasteiger partial charge is 0.497 e. The number of aliphatic hydroxyl groups is 1. The van der Waals surface area contributed by atoms with Gasteiger partial charge in [0.1, 0.15) is 24.0 Å². The highest BCUT2D eigenvalue weighted by Gasteiger charge is 2.38. The van der Waals surface area contributed by atoms with Crippen molar-refractivity contribution in [2.75, 3.05) is 19.5 Å². The van der Waals surface area contributed by atoms with E-state index in [1.807, 2.05) is 0 Å². The normalized spacial score (nSPS) is 19.0. The number of hydrogen-bond acceptors (Lipinski definition) is 7. The third kappa shape index (κ3) is 8.44. The summed E-state index contributed by atoms with van der Waals surface area (Å²) in [6, 6.07) is 11.4. The molecule has 3 rings (SSSR count). The van der Waals surface area contributed by atoms with Crippen molar-refractivity contribution in [3.8, 4) is 5.75 Å². The summed E-state index contributed by atoms with van der Waals surface area (Å²) < 4.78 is 11.0. The predicted molar refractivity (Wildman–Crippen MR) is 151 cm³/mol. The van der Waals surface area contributed by atoms with E-state index in [0.29, 0.717) is 15.8 Å². The van der Waals surface area contributed by atoms with E-state index in [-0.39, 0.29) is 30.8 Å². The molecule has 214 valence electrons. The molecule has 0 aromatic heterocycles. The van der Waals surface area contributed by atoms with Gasteiger partial charge in [0.15, 0.2) is 0 Å². The van der Waals surface area contributed by atoms with Crippen LogP contribution in [0.1, 0.15) is 22.3 Å². The van der Waals surface area contributed by atoms with Crippen molar-refractivity contribution in [2.45, 2.75) is 37.1 Å². The fourth-order valence-corrected chi connectivity index (χ4v) is 4.59. The number of benzene rings is 2. The lowest BCUT2D eigenvalue weighted by Crippen LogP contribution is -2.54. The number of rotatable bonds is 11. The van der Waals surface area contributed by atoms with Gasteiger partial charge in [-0.15, -0.1) is 11.6 Å². The van der Waals surface area contributed by atoms with Crippen molar-refractivity contribution in [2.24, 2.45) is 5.73 Å². The topological polar surface area (TPSA) is 169 Å². The molecule has 0 radical (unpaired) electrons. The van der Waals surface area contributed by atoms with E-state index in [2.05, 4.69) is 31.9 Å². The number of carbonyl (C=O) groups is 4. The van der Waals surface area contributed by atoms with Crippen LogP contribution in [0.5, 0.6) is 5.75 Å². The first-order chi connectivity index (χ1) is 19.1. The summed E-state index contributed by atoms with van der Waals surface area (Å²) in [7, 11) is 1.53. The fraction of sp³-hybridized carbons (Fsp3) is 0.333. The number of halogens is 2. The van der Waals surface area contributed by atoms with Gasteiger partial charge in [-0.25, -0.2) is 4.79 Å². The highest BCUT2D eigenvalue weighted by atomic mass is 79.9. The first-order valence-electron chi connectivity index (χ1n) is 12.3. The second-order valence-electron chi connectivity index (χ2n) is 8.91. The smallest absolute Gasteiger partial charge is 0.407 e. The van der Waals surface area contributed by atoms with Gasteiger partial charge in [-0.1, -0.05) is 30.3 Å². The van der Waals surface area contributed by atoms with Crippen LogP contribution in [0.2, 0.25) is 0 Å². The number of alkyl halides is 1. The molecule has 0 spiro atoms. The van der Waals surface area contributed by atoms with E-state index in [0.717, 1.165) is 5.56 Å². The molecule has 0 heterocycles. The molecule has 2 aromatic rings. The van der Waals surface area contributed by atoms with E-state index in [9.17, 15) is 24.3 Å². The van der Waals surface area contributed by atoms with E-state index < -0.39 is 48.1 Å². The zero-order valence-electron chi connectivity index (χ0n) is 21.6. The summed E-state index contributed by atoms with van der Waals surface area (Å²) in [5.74, 6) is -1.18. The van der Waals surface area contributed by atoms with Gasteiger partial charge < -0.3 is 36.3 Å². The minimum absolute atomic E-state index is 0.0823. The number of amides is 4. The molecule has 0 fully saturated rings. The van der Waals surface area contributed by atoms with Gasteiger partial charge in [-0.2, -0.15) is 0 Å². The predicted octanol–water partition coefficient (Wildman–Crippen LogP) is 1.79. The number of ether oxygens (including phenoxy) is 2. The molecule has 6 N–H and O–H groups in total. The zero-order chi connectivity index (χ0) is 29.2. The van der Waals surface area contributed by atoms with Crippen LogP contribution in [0.25, 0.3) is 0 Å². The van der Waals surface area contributed by atoms with Crippen molar-refractivity contribution >= 4 is 51.3 Å². The molecule has 11 nitrogen and oxygen atoms in total. The van der Waals surface area contributed by atoms with Gasteiger partial charge in [0.05, 0.1) is 18.7 Å². The average Bonchev–Trinajstić information content (AvgIpc) is 2.94. The molecule has 0 unspecified atom stereocenters. The van der Waals surface area contributed by atoms with Crippen LogP contribution < -0.4 is 26.4 Å². The lowest BCUT2D eigenvalue weighted by atomic mass is 9.89. The summed E-state index contributed by atoms with van der Waals surface area (Å²) in [5.41, 5.74) is 6.67. The first kappa shape index (κ1) is 30.9. The Morgan fingerprint density at radius 3 is 2.45 bits per heavy atom. The van der Waals surface area contributed by atoms with Gasteiger partial charge in [-0.3, -0.25) is 14.4 Å². The molecule has 0 saturated heterocycles.